The third-order valence-corrected chi connectivity index (χ3v) is 7.59. The molecule has 0 saturated heterocycles. The van der Waals surface area contributed by atoms with Gasteiger partial charge < -0.3 is 0 Å². The second kappa shape index (κ2) is 9.65. The van der Waals surface area contributed by atoms with E-state index in [1.807, 2.05) is 37.3 Å². The van der Waals surface area contributed by atoms with Gasteiger partial charge in [-0.2, -0.15) is 0 Å². The molecule has 1 atom stereocenters. The molecule has 3 aromatic carbocycles. The van der Waals surface area contributed by atoms with E-state index in [0.717, 1.165) is 12.8 Å². The van der Waals surface area contributed by atoms with E-state index in [0.29, 0.717) is 16.5 Å². The molecular formula is C25H25AsFO4. The van der Waals surface area contributed by atoms with Crippen LogP contribution in [-0.2, 0) is 11.2 Å². The van der Waals surface area contributed by atoms with Crippen molar-refractivity contribution in [2.75, 3.05) is 0 Å². The van der Waals surface area contributed by atoms with Crippen LogP contribution in [0.3, 0.4) is 0 Å². The monoisotopic (exact) mass is 483 g/mol. The van der Waals surface area contributed by atoms with Crippen LogP contribution in [0.25, 0.3) is 10.8 Å². The molecule has 4 nitrogen and oxygen atoms in total. The van der Waals surface area contributed by atoms with Crippen LogP contribution in [0.15, 0.2) is 60.7 Å². The first kappa shape index (κ1) is 23.0. The standard InChI is InChI=1S/C25H25AsFO4/c1-16(13-14-17-9-5-4-6-10-17)31-22-19-12-8-7-11-18(19)21(27)15-20(22)23(28)26-25(2,3)24(29)30/h4-12,15-16H,13-14H2,1-3H3,(H,29,30). The van der Waals surface area contributed by atoms with Crippen molar-refractivity contribution < 1.29 is 23.8 Å². The van der Waals surface area contributed by atoms with E-state index >= 15 is 0 Å². The number of benzene rings is 3. The van der Waals surface area contributed by atoms with Crippen LogP contribution < -0.4 is 4.74 Å². The van der Waals surface area contributed by atoms with E-state index in [1.165, 1.54) is 25.5 Å². The topological polar surface area (TPSA) is 63.6 Å². The SMILES string of the molecule is CC(CCc1ccccc1)Oc1c(C(=O)[As]C(C)(C)C(=O)O)cc(F)c2ccccc12. The molecule has 0 bridgehead atoms. The van der Waals surface area contributed by atoms with E-state index in [4.69, 9.17) is 4.74 Å². The Labute approximate surface area is 188 Å². The van der Waals surface area contributed by atoms with Gasteiger partial charge in [0.2, 0.25) is 0 Å². The van der Waals surface area contributed by atoms with Gasteiger partial charge in [-0.1, -0.05) is 0 Å². The van der Waals surface area contributed by atoms with Crippen molar-refractivity contribution in [1.29, 1.82) is 0 Å². The average molecular weight is 483 g/mol. The number of carboxylic acid groups (broad SMARTS) is 1. The number of fused-ring (bicyclic) bond motifs is 1. The van der Waals surface area contributed by atoms with Gasteiger partial charge >= 0.3 is 188 Å². The summed E-state index contributed by atoms with van der Waals surface area (Å²) in [6.45, 7) is 4.96. The van der Waals surface area contributed by atoms with Gasteiger partial charge in [-0.15, -0.1) is 0 Å². The molecule has 1 N–H and O–H groups in total. The molecule has 0 aliphatic rings. The van der Waals surface area contributed by atoms with Gasteiger partial charge in [0.25, 0.3) is 0 Å². The van der Waals surface area contributed by atoms with E-state index in [9.17, 15) is 19.1 Å². The van der Waals surface area contributed by atoms with Crippen molar-refractivity contribution >= 4 is 37.1 Å². The predicted octanol–water partition coefficient (Wildman–Crippen LogP) is 5.51. The molecule has 0 saturated carbocycles. The van der Waals surface area contributed by atoms with Gasteiger partial charge in [-0.25, -0.2) is 0 Å². The van der Waals surface area contributed by atoms with Crippen molar-refractivity contribution in [1.82, 2.24) is 0 Å². The van der Waals surface area contributed by atoms with Gasteiger partial charge in [-0.05, 0) is 0 Å². The quantitative estimate of drug-likeness (QED) is 0.408. The molecule has 0 amide bonds. The summed E-state index contributed by atoms with van der Waals surface area (Å²) in [7, 11) is 0. The normalized spacial score (nSPS) is 12.9. The van der Waals surface area contributed by atoms with Gasteiger partial charge in [0.15, 0.2) is 0 Å². The van der Waals surface area contributed by atoms with Crippen molar-refractivity contribution in [2.24, 2.45) is 0 Å². The van der Waals surface area contributed by atoms with Crippen molar-refractivity contribution in [3.8, 4) is 5.75 Å². The van der Waals surface area contributed by atoms with Gasteiger partial charge in [-0.3, -0.25) is 0 Å². The van der Waals surface area contributed by atoms with Crippen LogP contribution in [0.5, 0.6) is 5.75 Å². The number of carboxylic acids is 1. The zero-order valence-corrected chi connectivity index (χ0v) is 19.6. The summed E-state index contributed by atoms with van der Waals surface area (Å²) >= 11 is -1.27. The summed E-state index contributed by atoms with van der Waals surface area (Å²) in [5, 5.41) is 10.3. The molecule has 0 aliphatic carbocycles. The molecule has 0 fully saturated rings. The second-order valence-electron chi connectivity index (χ2n) is 8.01. The molecule has 3 aromatic rings. The zero-order chi connectivity index (χ0) is 22.6. The van der Waals surface area contributed by atoms with Crippen molar-refractivity contribution in [3.63, 3.8) is 0 Å². The Morgan fingerprint density at radius 3 is 2.32 bits per heavy atom. The van der Waals surface area contributed by atoms with Gasteiger partial charge in [0.1, 0.15) is 0 Å². The molecule has 0 aliphatic heterocycles. The fourth-order valence-electron chi connectivity index (χ4n) is 3.23. The van der Waals surface area contributed by atoms with E-state index in [-0.39, 0.29) is 16.2 Å². The first-order valence-electron chi connectivity index (χ1n) is 10.1. The summed E-state index contributed by atoms with van der Waals surface area (Å²) in [6.07, 6.45) is 1.31. The number of carbonyl (C=O) groups excluding carboxylic acids is 1. The number of halogens is 1. The minimum absolute atomic E-state index is 0.122. The maximum atomic E-state index is 14.8. The molecule has 31 heavy (non-hydrogen) atoms. The van der Waals surface area contributed by atoms with Gasteiger partial charge in [0.05, 0.1) is 0 Å². The Bertz CT molecular complexity index is 1100. The fraction of sp³-hybridized carbons (Fsp3) is 0.280. The van der Waals surface area contributed by atoms with Crippen LogP contribution in [0.1, 0.15) is 43.1 Å². The summed E-state index contributed by atoms with van der Waals surface area (Å²) in [6, 6.07) is 18.1. The fourth-order valence-corrected chi connectivity index (χ4v) is 5.09. The zero-order valence-electron chi connectivity index (χ0n) is 17.8. The average Bonchev–Trinajstić information content (AvgIpc) is 2.74. The van der Waals surface area contributed by atoms with Crippen LogP contribution in [0.4, 0.5) is 4.39 Å². The number of aliphatic carboxylic acids is 1. The molecule has 3 rings (SSSR count). The molecule has 1 unspecified atom stereocenters. The number of hydrogen-bond donors (Lipinski definition) is 1. The number of carbonyl (C=O) groups is 2. The Kier molecular flexibility index (Phi) is 7.17. The number of hydrogen-bond acceptors (Lipinski definition) is 3. The van der Waals surface area contributed by atoms with E-state index in [2.05, 4.69) is 0 Å². The molecule has 161 valence electrons. The number of aryl methyl sites for hydroxylation is 1. The first-order chi connectivity index (χ1) is 14.7. The van der Waals surface area contributed by atoms with Gasteiger partial charge in [0, 0.05) is 0 Å². The summed E-state index contributed by atoms with van der Waals surface area (Å²) in [5.41, 5.74) is 1.31. The third kappa shape index (κ3) is 5.53. The van der Waals surface area contributed by atoms with Crippen LogP contribution in [0.2, 0.25) is 4.20 Å². The summed E-state index contributed by atoms with van der Waals surface area (Å²) < 4.78 is 19.4. The maximum absolute atomic E-state index is 14.8. The van der Waals surface area contributed by atoms with E-state index in [1.54, 1.807) is 24.3 Å². The van der Waals surface area contributed by atoms with Crippen molar-refractivity contribution in [3.05, 3.63) is 77.6 Å². The minimum atomic E-state index is -1.27. The molecule has 0 spiro atoms. The molecular weight excluding hydrogens is 458 g/mol. The van der Waals surface area contributed by atoms with Crippen molar-refractivity contribution in [2.45, 2.75) is 43.9 Å². The van der Waals surface area contributed by atoms with Crippen LogP contribution in [-0.4, -0.2) is 37.5 Å². The van der Waals surface area contributed by atoms with E-state index < -0.39 is 31.7 Å². The molecule has 0 aromatic heterocycles. The first-order valence-corrected chi connectivity index (χ1v) is 12.0. The Morgan fingerprint density at radius 1 is 1.06 bits per heavy atom. The molecule has 0 heterocycles. The summed E-state index contributed by atoms with van der Waals surface area (Å²) in [4.78, 5) is 24.6. The molecule has 1 radical (unpaired) electrons. The molecule has 6 heteroatoms. The Morgan fingerprint density at radius 2 is 1.68 bits per heavy atom. The second-order valence-corrected chi connectivity index (χ2v) is 11.7. The predicted molar refractivity (Wildman–Crippen MR) is 121 cm³/mol. The Hall–Kier alpha value is -2.65. The summed E-state index contributed by atoms with van der Waals surface area (Å²) in [5.74, 6) is -1.22. The number of ether oxygens (including phenoxy) is 1. The van der Waals surface area contributed by atoms with Crippen LogP contribution >= 0.6 is 0 Å². The third-order valence-electron chi connectivity index (χ3n) is 5.08. The Balaban J connectivity index is 1.93. The van der Waals surface area contributed by atoms with Crippen LogP contribution in [0, 0.1) is 5.82 Å². The number of rotatable bonds is 9.